The second-order valence-corrected chi connectivity index (χ2v) is 5.37. The van der Waals surface area contributed by atoms with Crippen molar-refractivity contribution in [3.63, 3.8) is 0 Å². The van der Waals surface area contributed by atoms with Gasteiger partial charge in [-0.1, -0.05) is 25.4 Å². The van der Waals surface area contributed by atoms with Crippen LogP contribution in [0.1, 0.15) is 38.4 Å². The summed E-state index contributed by atoms with van der Waals surface area (Å²) in [6.07, 6.45) is 5.12. The van der Waals surface area contributed by atoms with Crippen LogP contribution in [0.25, 0.3) is 0 Å². The van der Waals surface area contributed by atoms with Crippen molar-refractivity contribution in [1.82, 2.24) is 15.1 Å². The molecular formula is C12H20ClN3. The summed E-state index contributed by atoms with van der Waals surface area (Å²) in [6, 6.07) is 0.530. The van der Waals surface area contributed by atoms with E-state index in [4.69, 9.17) is 11.6 Å². The number of nitrogens with zero attached hydrogens (tertiary/aromatic N) is 2. The molecule has 1 aromatic heterocycles. The van der Waals surface area contributed by atoms with E-state index in [1.54, 1.807) is 6.20 Å². The molecule has 1 N–H and O–H groups in total. The van der Waals surface area contributed by atoms with E-state index in [-0.39, 0.29) is 0 Å². The molecule has 0 bridgehead atoms. The van der Waals surface area contributed by atoms with E-state index < -0.39 is 0 Å². The van der Waals surface area contributed by atoms with Crippen molar-refractivity contribution in [2.45, 2.75) is 39.2 Å². The Balaban J connectivity index is 2.18. The second-order valence-electron chi connectivity index (χ2n) is 4.96. The first-order chi connectivity index (χ1) is 7.68. The number of rotatable bonds is 3. The van der Waals surface area contributed by atoms with E-state index in [9.17, 15) is 0 Å². The minimum atomic E-state index is 0.530. The fourth-order valence-corrected chi connectivity index (χ4v) is 2.52. The molecule has 0 saturated carbocycles. The van der Waals surface area contributed by atoms with Gasteiger partial charge in [0.2, 0.25) is 0 Å². The van der Waals surface area contributed by atoms with Gasteiger partial charge in [-0.2, -0.15) is 5.10 Å². The Morgan fingerprint density at radius 1 is 1.50 bits per heavy atom. The van der Waals surface area contributed by atoms with E-state index in [0.717, 1.165) is 37.4 Å². The molecule has 0 radical (unpaired) electrons. The van der Waals surface area contributed by atoms with Crippen molar-refractivity contribution >= 4 is 11.6 Å². The number of nitrogens with one attached hydrogen (secondary N) is 1. The minimum Gasteiger partial charge on any atom is -0.317 e. The third kappa shape index (κ3) is 2.58. The molecule has 1 fully saturated rings. The summed E-state index contributed by atoms with van der Waals surface area (Å²) >= 11 is 6.21. The van der Waals surface area contributed by atoms with Crippen LogP contribution < -0.4 is 5.32 Å². The van der Waals surface area contributed by atoms with Crippen LogP contribution in [-0.2, 0) is 6.42 Å². The third-order valence-corrected chi connectivity index (χ3v) is 3.42. The highest BCUT2D eigenvalue weighted by Crippen LogP contribution is 2.26. The van der Waals surface area contributed by atoms with Gasteiger partial charge >= 0.3 is 0 Å². The van der Waals surface area contributed by atoms with Gasteiger partial charge in [-0.05, 0) is 38.3 Å². The lowest BCUT2D eigenvalue weighted by Gasteiger charge is -2.25. The predicted molar refractivity (Wildman–Crippen MR) is 66.9 cm³/mol. The Bertz CT molecular complexity index is 340. The summed E-state index contributed by atoms with van der Waals surface area (Å²) in [6.45, 7) is 6.61. The highest BCUT2D eigenvalue weighted by molar-refractivity contribution is 6.31. The van der Waals surface area contributed by atoms with Crippen molar-refractivity contribution in [3.05, 3.63) is 16.9 Å². The predicted octanol–water partition coefficient (Wildman–Crippen LogP) is 2.66. The molecule has 1 aliphatic heterocycles. The topological polar surface area (TPSA) is 29.9 Å². The lowest BCUT2D eigenvalue weighted by Crippen LogP contribution is -2.30. The van der Waals surface area contributed by atoms with Crippen molar-refractivity contribution in [2.24, 2.45) is 5.92 Å². The molecule has 0 spiro atoms. The van der Waals surface area contributed by atoms with Crippen LogP contribution in [0.3, 0.4) is 0 Å². The molecule has 1 aromatic rings. The maximum Gasteiger partial charge on any atom is 0.0818 e. The molecule has 3 nitrogen and oxygen atoms in total. The average Bonchev–Trinajstić information content (AvgIpc) is 2.61. The number of piperidine rings is 1. The summed E-state index contributed by atoms with van der Waals surface area (Å²) in [4.78, 5) is 0. The lowest BCUT2D eigenvalue weighted by atomic mass is 10.0. The minimum absolute atomic E-state index is 0.530. The van der Waals surface area contributed by atoms with Crippen LogP contribution in [0.2, 0.25) is 5.02 Å². The zero-order valence-electron chi connectivity index (χ0n) is 10.0. The van der Waals surface area contributed by atoms with Crippen LogP contribution in [0, 0.1) is 5.92 Å². The molecule has 2 rings (SSSR count). The zero-order chi connectivity index (χ0) is 11.5. The smallest absolute Gasteiger partial charge is 0.0818 e. The van der Waals surface area contributed by atoms with Gasteiger partial charge in [0.05, 0.1) is 23.0 Å². The van der Waals surface area contributed by atoms with Gasteiger partial charge in [0.25, 0.3) is 0 Å². The van der Waals surface area contributed by atoms with Gasteiger partial charge in [-0.15, -0.1) is 0 Å². The largest absolute Gasteiger partial charge is 0.317 e. The Morgan fingerprint density at radius 2 is 2.19 bits per heavy atom. The number of aromatic nitrogens is 2. The molecule has 90 valence electrons. The first-order valence-corrected chi connectivity index (χ1v) is 6.49. The van der Waals surface area contributed by atoms with Crippen molar-refractivity contribution in [1.29, 1.82) is 0 Å². The number of hydrogen-bond acceptors (Lipinski definition) is 2. The molecule has 2 heterocycles. The first-order valence-electron chi connectivity index (χ1n) is 6.11. The molecule has 0 unspecified atom stereocenters. The molecular weight excluding hydrogens is 222 g/mol. The third-order valence-electron chi connectivity index (χ3n) is 3.10. The summed E-state index contributed by atoms with van der Waals surface area (Å²) in [5.41, 5.74) is 1.21. The Hall–Kier alpha value is -0.540. The quantitative estimate of drug-likeness (QED) is 0.882. The Kier molecular flexibility index (Phi) is 3.87. The summed E-state index contributed by atoms with van der Waals surface area (Å²) in [5, 5.41) is 8.65. The van der Waals surface area contributed by atoms with Gasteiger partial charge < -0.3 is 5.32 Å². The van der Waals surface area contributed by atoms with Gasteiger partial charge in [-0.25, -0.2) is 0 Å². The number of hydrogen-bond donors (Lipinski definition) is 1. The Labute approximate surface area is 102 Å². The van der Waals surface area contributed by atoms with Crippen LogP contribution in [0.4, 0.5) is 0 Å². The zero-order valence-corrected chi connectivity index (χ0v) is 10.8. The molecule has 0 aliphatic carbocycles. The standard InChI is InChI=1S/C12H20ClN3/c1-9(2)7-12-11(13)8-15-16(12)10-3-5-14-6-4-10/h8-10,14H,3-7H2,1-2H3. The van der Waals surface area contributed by atoms with Gasteiger partial charge in [0, 0.05) is 0 Å². The highest BCUT2D eigenvalue weighted by atomic mass is 35.5. The molecule has 1 aliphatic rings. The molecule has 0 aromatic carbocycles. The summed E-state index contributed by atoms with van der Waals surface area (Å²) in [5.74, 6) is 0.620. The SMILES string of the molecule is CC(C)Cc1c(Cl)cnn1C1CCNCC1. The summed E-state index contributed by atoms with van der Waals surface area (Å²) < 4.78 is 2.16. The lowest BCUT2D eigenvalue weighted by molar-refractivity contribution is 0.332. The molecule has 0 amide bonds. The van der Waals surface area contributed by atoms with Gasteiger partial charge in [0.1, 0.15) is 0 Å². The van der Waals surface area contributed by atoms with Crippen LogP contribution in [-0.4, -0.2) is 22.9 Å². The normalized spacial score (nSPS) is 18.2. The number of halogens is 1. The fourth-order valence-electron chi connectivity index (χ4n) is 2.31. The van der Waals surface area contributed by atoms with Crippen LogP contribution in [0.15, 0.2) is 6.20 Å². The highest BCUT2D eigenvalue weighted by Gasteiger charge is 2.20. The fraction of sp³-hybridized carbons (Fsp3) is 0.750. The van der Waals surface area contributed by atoms with Crippen molar-refractivity contribution in [3.8, 4) is 0 Å². The maximum absolute atomic E-state index is 6.21. The Morgan fingerprint density at radius 3 is 2.81 bits per heavy atom. The second kappa shape index (κ2) is 5.19. The van der Waals surface area contributed by atoms with E-state index in [1.165, 1.54) is 5.69 Å². The van der Waals surface area contributed by atoms with Crippen LogP contribution in [0.5, 0.6) is 0 Å². The van der Waals surface area contributed by atoms with E-state index in [2.05, 4.69) is 28.9 Å². The van der Waals surface area contributed by atoms with E-state index in [0.29, 0.717) is 12.0 Å². The molecule has 1 saturated heterocycles. The maximum atomic E-state index is 6.21. The van der Waals surface area contributed by atoms with Gasteiger partial charge in [0.15, 0.2) is 0 Å². The van der Waals surface area contributed by atoms with Crippen molar-refractivity contribution in [2.75, 3.05) is 13.1 Å². The van der Waals surface area contributed by atoms with E-state index >= 15 is 0 Å². The average molecular weight is 242 g/mol. The molecule has 0 atom stereocenters. The first kappa shape index (κ1) is 11.9. The monoisotopic (exact) mass is 241 g/mol. The van der Waals surface area contributed by atoms with Crippen LogP contribution >= 0.6 is 11.6 Å². The summed E-state index contributed by atoms with van der Waals surface area (Å²) in [7, 11) is 0. The molecule has 16 heavy (non-hydrogen) atoms. The van der Waals surface area contributed by atoms with Crippen molar-refractivity contribution < 1.29 is 0 Å². The molecule has 4 heteroatoms. The van der Waals surface area contributed by atoms with Gasteiger partial charge in [-0.3, -0.25) is 4.68 Å². The van der Waals surface area contributed by atoms with E-state index in [1.807, 2.05) is 0 Å².